The number of aromatic nitrogens is 1. The van der Waals surface area contributed by atoms with E-state index in [9.17, 15) is 14.0 Å². The summed E-state index contributed by atoms with van der Waals surface area (Å²) in [7, 11) is 0. The Kier molecular flexibility index (Phi) is 6.89. The summed E-state index contributed by atoms with van der Waals surface area (Å²) >= 11 is 0. The summed E-state index contributed by atoms with van der Waals surface area (Å²) in [6, 6.07) is 17.6. The fourth-order valence-electron chi connectivity index (χ4n) is 4.66. The Morgan fingerprint density at radius 1 is 1.14 bits per heavy atom. The molecular formula is C29H27FN4O3. The van der Waals surface area contributed by atoms with E-state index in [1.165, 1.54) is 18.2 Å². The highest BCUT2D eigenvalue weighted by atomic mass is 19.1. The molecule has 1 unspecified atom stereocenters. The first-order chi connectivity index (χ1) is 18.0. The Balaban J connectivity index is 1.13. The molecule has 5 N–H and O–H groups in total. The van der Waals surface area contributed by atoms with E-state index in [1.54, 1.807) is 6.08 Å². The summed E-state index contributed by atoms with van der Waals surface area (Å²) in [6.45, 7) is 0.294. The average molecular weight is 499 g/mol. The van der Waals surface area contributed by atoms with Gasteiger partial charge in [-0.25, -0.2) is 9.18 Å². The lowest BCUT2D eigenvalue weighted by Gasteiger charge is -2.14. The number of alkyl carbamates (subject to hydrolysis) is 1. The number of para-hydroxylation sites is 1. The van der Waals surface area contributed by atoms with Gasteiger partial charge in [0.2, 0.25) is 5.91 Å². The molecule has 3 aromatic carbocycles. The molecule has 2 amide bonds. The number of halogens is 1. The Bertz CT molecular complexity index is 1490. The highest BCUT2D eigenvalue weighted by Crippen LogP contribution is 2.32. The van der Waals surface area contributed by atoms with Crippen LogP contribution in [0.3, 0.4) is 0 Å². The third-order valence-electron chi connectivity index (χ3n) is 6.51. The zero-order valence-electron chi connectivity index (χ0n) is 20.1. The normalized spacial score (nSPS) is 14.6. The molecule has 1 atom stereocenters. The van der Waals surface area contributed by atoms with Crippen LogP contribution in [0.5, 0.6) is 0 Å². The van der Waals surface area contributed by atoms with E-state index in [4.69, 9.17) is 10.5 Å². The van der Waals surface area contributed by atoms with Crippen molar-refractivity contribution in [3.63, 3.8) is 0 Å². The number of fused-ring (bicyclic) bond motifs is 2. The van der Waals surface area contributed by atoms with Crippen LogP contribution in [0, 0.1) is 5.82 Å². The van der Waals surface area contributed by atoms with Crippen molar-refractivity contribution in [2.24, 2.45) is 0 Å². The summed E-state index contributed by atoms with van der Waals surface area (Å²) in [5.41, 5.74) is 11.5. The lowest BCUT2D eigenvalue weighted by molar-refractivity contribution is -0.111. The molecule has 5 rings (SSSR count). The number of nitrogen functional groups attached to an aromatic ring is 1. The standard InChI is InChI=1S/C29H27FN4O3/c30-21-8-11-27(24(31)16-21)33-28(35)12-6-18-5-9-23-19(15-18)7-10-26(23)34-29(36)37-14-13-20-17-32-25-4-2-1-3-22(20)25/h1-6,8-9,11-12,15-17,26,32H,7,10,13-14,31H2,(H,33,35)(H,34,36)/b12-6+. The molecule has 0 fully saturated rings. The molecule has 0 bridgehead atoms. The molecule has 4 aromatic rings. The van der Waals surface area contributed by atoms with Crippen molar-refractivity contribution < 1.29 is 18.7 Å². The van der Waals surface area contributed by atoms with E-state index in [1.807, 2.05) is 48.7 Å². The van der Waals surface area contributed by atoms with Gasteiger partial charge in [-0.05, 0) is 65.4 Å². The molecule has 1 aliphatic carbocycles. The van der Waals surface area contributed by atoms with E-state index in [0.29, 0.717) is 18.7 Å². The molecular weight excluding hydrogens is 471 g/mol. The molecule has 8 heteroatoms. The smallest absolute Gasteiger partial charge is 0.407 e. The largest absolute Gasteiger partial charge is 0.449 e. The maximum absolute atomic E-state index is 13.2. The van der Waals surface area contributed by atoms with E-state index < -0.39 is 11.9 Å². The predicted octanol–water partition coefficient (Wildman–Crippen LogP) is 5.50. The number of aryl methyl sites for hydroxylation is 1. The van der Waals surface area contributed by atoms with E-state index in [-0.39, 0.29) is 17.6 Å². The van der Waals surface area contributed by atoms with Crippen LogP contribution >= 0.6 is 0 Å². The summed E-state index contributed by atoms with van der Waals surface area (Å²) in [5.74, 6) is -0.829. The van der Waals surface area contributed by atoms with Crippen molar-refractivity contribution in [2.75, 3.05) is 17.7 Å². The average Bonchev–Trinajstić information content (AvgIpc) is 3.48. The third kappa shape index (κ3) is 5.64. The van der Waals surface area contributed by atoms with Crippen LogP contribution in [0.4, 0.5) is 20.6 Å². The molecule has 0 radical (unpaired) electrons. The highest BCUT2D eigenvalue weighted by molar-refractivity contribution is 6.03. The minimum Gasteiger partial charge on any atom is -0.449 e. The summed E-state index contributed by atoms with van der Waals surface area (Å²) in [5, 5.41) is 6.75. The van der Waals surface area contributed by atoms with Gasteiger partial charge in [0.1, 0.15) is 5.82 Å². The van der Waals surface area contributed by atoms with E-state index >= 15 is 0 Å². The first-order valence-corrected chi connectivity index (χ1v) is 12.1. The van der Waals surface area contributed by atoms with Gasteiger partial charge < -0.3 is 26.1 Å². The Morgan fingerprint density at radius 3 is 2.86 bits per heavy atom. The number of aromatic amines is 1. The first-order valence-electron chi connectivity index (χ1n) is 12.1. The molecule has 0 saturated carbocycles. The van der Waals surface area contributed by atoms with Gasteiger partial charge in [0.15, 0.2) is 0 Å². The Hall–Kier alpha value is -4.59. The van der Waals surface area contributed by atoms with E-state index in [2.05, 4.69) is 15.6 Å². The summed E-state index contributed by atoms with van der Waals surface area (Å²) in [6.07, 6.45) is 6.86. The maximum Gasteiger partial charge on any atom is 0.407 e. The number of nitrogens with one attached hydrogen (secondary N) is 3. The second-order valence-electron chi connectivity index (χ2n) is 8.99. The Labute approximate surface area is 213 Å². The van der Waals surface area contributed by atoms with Crippen molar-refractivity contribution in [1.29, 1.82) is 0 Å². The molecule has 37 heavy (non-hydrogen) atoms. The lowest BCUT2D eigenvalue weighted by Crippen LogP contribution is -2.28. The SMILES string of the molecule is Nc1cc(F)ccc1NC(=O)/C=C/c1ccc2c(c1)CCC2NC(=O)OCCc1c[nH]c2ccccc12. The lowest BCUT2D eigenvalue weighted by atomic mass is 10.0. The number of H-pyrrole nitrogens is 1. The fourth-order valence-corrected chi connectivity index (χ4v) is 4.66. The van der Waals surface area contributed by atoms with Crippen LogP contribution in [0.1, 0.15) is 34.7 Å². The van der Waals surface area contributed by atoms with Crippen molar-refractivity contribution in [3.05, 3.63) is 101 Å². The van der Waals surface area contributed by atoms with Gasteiger partial charge in [-0.3, -0.25) is 4.79 Å². The van der Waals surface area contributed by atoms with Gasteiger partial charge in [0.25, 0.3) is 0 Å². The number of carbonyl (C=O) groups is 2. The van der Waals surface area contributed by atoms with Crippen molar-refractivity contribution in [1.82, 2.24) is 10.3 Å². The van der Waals surface area contributed by atoms with Crippen molar-refractivity contribution in [3.8, 4) is 0 Å². The van der Waals surface area contributed by atoms with Crippen LogP contribution in [-0.2, 0) is 22.4 Å². The molecule has 0 spiro atoms. The van der Waals surface area contributed by atoms with Crippen LogP contribution in [0.15, 0.2) is 72.9 Å². The molecule has 188 valence electrons. The quantitative estimate of drug-likeness (QED) is 0.199. The van der Waals surface area contributed by atoms with Gasteiger partial charge in [-0.2, -0.15) is 0 Å². The molecule has 1 aliphatic rings. The molecule has 7 nitrogen and oxygen atoms in total. The van der Waals surface area contributed by atoms with Gasteiger partial charge in [0, 0.05) is 29.6 Å². The predicted molar refractivity (Wildman–Crippen MR) is 142 cm³/mol. The highest BCUT2D eigenvalue weighted by Gasteiger charge is 2.24. The summed E-state index contributed by atoms with van der Waals surface area (Å²) < 4.78 is 18.6. The zero-order chi connectivity index (χ0) is 25.8. The number of amides is 2. The molecule has 0 aliphatic heterocycles. The van der Waals surface area contributed by atoms with Crippen LogP contribution < -0.4 is 16.4 Å². The minimum atomic E-state index is -0.462. The van der Waals surface area contributed by atoms with Gasteiger partial charge >= 0.3 is 6.09 Å². The number of rotatable bonds is 7. The second kappa shape index (κ2) is 10.6. The number of hydrogen-bond donors (Lipinski definition) is 4. The molecule has 0 saturated heterocycles. The number of nitrogens with two attached hydrogens (primary N) is 1. The maximum atomic E-state index is 13.2. The third-order valence-corrected chi connectivity index (χ3v) is 6.51. The minimum absolute atomic E-state index is 0.113. The van der Waals surface area contributed by atoms with Crippen LogP contribution in [-0.4, -0.2) is 23.6 Å². The monoisotopic (exact) mass is 498 g/mol. The van der Waals surface area contributed by atoms with Crippen molar-refractivity contribution in [2.45, 2.75) is 25.3 Å². The number of hydrogen-bond acceptors (Lipinski definition) is 4. The van der Waals surface area contributed by atoms with Gasteiger partial charge in [-0.15, -0.1) is 0 Å². The number of anilines is 2. The fraction of sp³-hybridized carbons (Fsp3) is 0.172. The summed E-state index contributed by atoms with van der Waals surface area (Å²) in [4.78, 5) is 27.9. The first kappa shape index (κ1) is 24.1. The van der Waals surface area contributed by atoms with Crippen LogP contribution in [0.2, 0.25) is 0 Å². The van der Waals surface area contributed by atoms with Crippen molar-refractivity contribution >= 4 is 40.4 Å². The number of benzene rings is 3. The topological polar surface area (TPSA) is 109 Å². The number of ether oxygens (including phenoxy) is 1. The molecule has 1 aromatic heterocycles. The molecule has 1 heterocycles. The van der Waals surface area contributed by atoms with Gasteiger partial charge in [-0.1, -0.05) is 36.4 Å². The Morgan fingerprint density at radius 2 is 2.00 bits per heavy atom. The zero-order valence-corrected chi connectivity index (χ0v) is 20.1. The van der Waals surface area contributed by atoms with E-state index in [0.717, 1.165) is 52.1 Å². The number of carbonyl (C=O) groups excluding carboxylic acids is 2. The van der Waals surface area contributed by atoms with Crippen LogP contribution in [0.25, 0.3) is 17.0 Å². The second-order valence-corrected chi connectivity index (χ2v) is 8.99. The van der Waals surface area contributed by atoms with Gasteiger partial charge in [0.05, 0.1) is 24.0 Å².